The third-order valence-electron chi connectivity index (χ3n) is 1.11. The molecule has 0 amide bonds. The number of carbonyl (C=O) groups is 2. The number of halogens is 4. The van der Waals surface area contributed by atoms with Gasteiger partial charge in [0.1, 0.15) is 0 Å². The summed E-state index contributed by atoms with van der Waals surface area (Å²) in [6, 6.07) is 0. The molecule has 0 atom stereocenters. The molecule has 0 aromatic rings. The lowest BCUT2D eigenvalue weighted by molar-refractivity contribution is -0.220. The zero-order valence-electron chi connectivity index (χ0n) is 5.78. The van der Waals surface area contributed by atoms with E-state index in [0.717, 1.165) is 0 Å². The van der Waals surface area contributed by atoms with E-state index in [0.29, 0.717) is 0 Å². The fourth-order valence-electron chi connectivity index (χ4n) is 0.355. The van der Waals surface area contributed by atoms with Crippen molar-refractivity contribution in [3.8, 4) is 0 Å². The van der Waals surface area contributed by atoms with Crippen LogP contribution in [0.2, 0.25) is 0 Å². The number of alkyl halides is 4. The summed E-state index contributed by atoms with van der Waals surface area (Å²) in [5, 5.41) is 7.64. The predicted octanol–water partition coefficient (Wildman–Crippen LogP) is 0.931. The van der Waals surface area contributed by atoms with E-state index in [2.05, 4.69) is 0 Å². The molecule has 0 saturated heterocycles. The second-order valence-electron chi connectivity index (χ2n) is 2.01. The molecule has 0 radical (unpaired) electrons. The minimum absolute atomic E-state index is 0.191. The van der Waals surface area contributed by atoms with Crippen LogP contribution in [0.1, 0.15) is 6.92 Å². The highest BCUT2D eigenvalue weighted by Gasteiger charge is 2.65. The van der Waals surface area contributed by atoms with Crippen molar-refractivity contribution >= 4 is 11.8 Å². The number of aliphatic carboxylic acids is 1. The SMILES string of the molecule is CC(=O)C(F)(F)C(F)(F)C(=O)O. The van der Waals surface area contributed by atoms with Crippen LogP contribution in [-0.2, 0) is 9.59 Å². The topological polar surface area (TPSA) is 54.4 Å². The number of carbonyl (C=O) groups excluding carboxylic acids is 1. The first-order valence-electron chi connectivity index (χ1n) is 2.64. The third-order valence-corrected chi connectivity index (χ3v) is 1.11. The maximum absolute atomic E-state index is 12.1. The van der Waals surface area contributed by atoms with E-state index >= 15 is 0 Å². The summed E-state index contributed by atoms with van der Waals surface area (Å²) in [5.41, 5.74) is 0. The Bertz CT molecular complexity index is 199. The first-order valence-corrected chi connectivity index (χ1v) is 2.64. The van der Waals surface area contributed by atoms with Crippen LogP contribution in [0.15, 0.2) is 0 Å². The third kappa shape index (κ3) is 1.39. The molecule has 0 bridgehead atoms. The molecule has 7 heteroatoms. The molecule has 0 aliphatic carbocycles. The summed E-state index contributed by atoms with van der Waals surface area (Å²) in [6.07, 6.45) is 0. The van der Waals surface area contributed by atoms with Gasteiger partial charge in [0.15, 0.2) is 0 Å². The van der Waals surface area contributed by atoms with E-state index in [4.69, 9.17) is 5.11 Å². The number of rotatable bonds is 3. The molecule has 0 aromatic heterocycles. The summed E-state index contributed by atoms with van der Waals surface area (Å²) < 4.78 is 48.2. The number of carboxylic acid groups (broad SMARTS) is 1. The van der Waals surface area contributed by atoms with Crippen LogP contribution in [0, 0.1) is 0 Å². The predicted molar refractivity (Wildman–Crippen MR) is 28.2 cm³/mol. The van der Waals surface area contributed by atoms with Crippen LogP contribution < -0.4 is 0 Å². The van der Waals surface area contributed by atoms with E-state index < -0.39 is 23.6 Å². The lowest BCUT2D eigenvalue weighted by atomic mass is 10.1. The molecule has 0 heterocycles. The van der Waals surface area contributed by atoms with Crippen LogP contribution in [0.25, 0.3) is 0 Å². The Morgan fingerprint density at radius 3 is 1.50 bits per heavy atom. The molecule has 0 fully saturated rings. The van der Waals surface area contributed by atoms with Gasteiger partial charge in [-0.1, -0.05) is 0 Å². The number of ketones is 1. The number of hydrogen-bond donors (Lipinski definition) is 1. The van der Waals surface area contributed by atoms with Crippen LogP contribution in [0.5, 0.6) is 0 Å². The average molecular weight is 188 g/mol. The first kappa shape index (κ1) is 10.9. The lowest BCUT2D eigenvalue weighted by Crippen LogP contribution is -2.51. The molecular weight excluding hydrogens is 184 g/mol. The van der Waals surface area contributed by atoms with Gasteiger partial charge in [-0.25, -0.2) is 4.79 Å². The fourth-order valence-corrected chi connectivity index (χ4v) is 0.355. The monoisotopic (exact) mass is 188 g/mol. The standard InChI is InChI=1S/C5H4F4O3/c1-2(10)4(6,7)5(8,9)3(11)12/h1H3,(H,11,12). The van der Waals surface area contributed by atoms with Gasteiger partial charge in [0.25, 0.3) is 0 Å². The molecular formula is C5H4F4O3. The van der Waals surface area contributed by atoms with Crippen molar-refractivity contribution in [2.45, 2.75) is 18.8 Å². The Kier molecular flexibility index (Phi) is 2.46. The molecule has 3 nitrogen and oxygen atoms in total. The molecule has 0 spiro atoms. The van der Waals surface area contributed by atoms with E-state index in [1.807, 2.05) is 0 Å². The molecule has 0 aliphatic rings. The highest BCUT2D eigenvalue weighted by molar-refractivity contribution is 5.91. The van der Waals surface area contributed by atoms with Gasteiger partial charge in [0.2, 0.25) is 5.78 Å². The van der Waals surface area contributed by atoms with E-state index in [1.165, 1.54) is 0 Å². The normalized spacial score (nSPS) is 12.8. The van der Waals surface area contributed by atoms with Crippen molar-refractivity contribution in [1.82, 2.24) is 0 Å². The van der Waals surface area contributed by atoms with E-state index in [9.17, 15) is 27.2 Å². The Labute approximate surface area is 64.0 Å². The molecule has 1 N–H and O–H groups in total. The maximum Gasteiger partial charge on any atom is 0.411 e. The van der Waals surface area contributed by atoms with Gasteiger partial charge in [-0.2, -0.15) is 17.6 Å². The minimum atomic E-state index is -5.35. The molecule has 70 valence electrons. The van der Waals surface area contributed by atoms with Gasteiger partial charge in [0.05, 0.1) is 0 Å². The zero-order chi connectivity index (χ0) is 10.2. The Balaban J connectivity index is 5.01. The van der Waals surface area contributed by atoms with Crippen LogP contribution in [0.4, 0.5) is 17.6 Å². The van der Waals surface area contributed by atoms with Gasteiger partial charge >= 0.3 is 17.8 Å². The molecule has 0 rings (SSSR count). The van der Waals surface area contributed by atoms with Gasteiger partial charge in [-0.15, -0.1) is 0 Å². The second-order valence-corrected chi connectivity index (χ2v) is 2.01. The highest BCUT2D eigenvalue weighted by atomic mass is 19.3. The summed E-state index contributed by atoms with van der Waals surface area (Å²) in [4.78, 5) is 19.5. The zero-order valence-corrected chi connectivity index (χ0v) is 5.78. The van der Waals surface area contributed by atoms with Gasteiger partial charge in [-0.05, 0) is 0 Å². The number of carboxylic acids is 1. The maximum atomic E-state index is 12.1. The molecule has 0 unspecified atom stereocenters. The molecule has 12 heavy (non-hydrogen) atoms. The highest BCUT2D eigenvalue weighted by Crippen LogP contribution is 2.34. The molecule has 0 aromatic carbocycles. The van der Waals surface area contributed by atoms with Gasteiger partial charge < -0.3 is 5.11 Å². The fraction of sp³-hybridized carbons (Fsp3) is 0.600. The second kappa shape index (κ2) is 2.72. The van der Waals surface area contributed by atoms with Crippen LogP contribution in [-0.4, -0.2) is 28.7 Å². The van der Waals surface area contributed by atoms with Crippen molar-refractivity contribution in [2.75, 3.05) is 0 Å². The number of Topliss-reactive ketones (excluding diaryl/α,β-unsaturated/α-hetero) is 1. The lowest BCUT2D eigenvalue weighted by Gasteiger charge is -2.19. The summed E-state index contributed by atoms with van der Waals surface area (Å²) in [6.45, 7) is 0.191. The van der Waals surface area contributed by atoms with Crippen molar-refractivity contribution in [3.63, 3.8) is 0 Å². The van der Waals surface area contributed by atoms with Gasteiger partial charge in [0, 0.05) is 6.92 Å². The Morgan fingerprint density at radius 1 is 1.08 bits per heavy atom. The quantitative estimate of drug-likeness (QED) is 0.670. The minimum Gasteiger partial charge on any atom is -0.477 e. The molecule has 0 aliphatic heterocycles. The van der Waals surface area contributed by atoms with Crippen molar-refractivity contribution in [2.24, 2.45) is 0 Å². The summed E-state index contributed by atoms with van der Waals surface area (Å²) in [5.74, 6) is -15.7. The number of hydrogen-bond acceptors (Lipinski definition) is 2. The van der Waals surface area contributed by atoms with Crippen LogP contribution >= 0.6 is 0 Å². The van der Waals surface area contributed by atoms with Crippen molar-refractivity contribution < 1.29 is 32.3 Å². The Morgan fingerprint density at radius 2 is 1.42 bits per heavy atom. The Hall–Kier alpha value is -1.14. The first-order chi connectivity index (χ1) is 5.14. The summed E-state index contributed by atoms with van der Waals surface area (Å²) in [7, 11) is 0. The summed E-state index contributed by atoms with van der Waals surface area (Å²) >= 11 is 0. The van der Waals surface area contributed by atoms with Gasteiger partial charge in [-0.3, -0.25) is 4.79 Å². The van der Waals surface area contributed by atoms with E-state index in [-0.39, 0.29) is 6.92 Å². The largest absolute Gasteiger partial charge is 0.477 e. The average Bonchev–Trinajstić information content (AvgIpc) is 1.86. The van der Waals surface area contributed by atoms with Crippen molar-refractivity contribution in [3.05, 3.63) is 0 Å². The van der Waals surface area contributed by atoms with Crippen molar-refractivity contribution in [1.29, 1.82) is 0 Å². The van der Waals surface area contributed by atoms with E-state index in [1.54, 1.807) is 0 Å². The van der Waals surface area contributed by atoms with Crippen LogP contribution in [0.3, 0.4) is 0 Å². The molecule has 0 saturated carbocycles. The smallest absolute Gasteiger partial charge is 0.411 e.